The topological polar surface area (TPSA) is 391 Å². The van der Waals surface area contributed by atoms with E-state index in [0.717, 1.165) is 38.4 Å². The number of rotatable bonds is 22. The Morgan fingerprint density at radius 1 is 0.567 bits per heavy atom. The molecule has 0 unspecified atom stereocenters. The van der Waals surface area contributed by atoms with Gasteiger partial charge in [0.1, 0.15) is 81.7 Å². The minimum atomic E-state index is -3.49. The van der Waals surface area contributed by atoms with Crippen LogP contribution in [0.1, 0.15) is 198 Å². The van der Waals surface area contributed by atoms with E-state index in [9.17, 15) is 52.2 Å². The molecule has 3 aliphatic heterocycles. The summed E-state index contributed by atoms with van der Waals surface area (Å²) in [4.78, 5) is 115. The zero-order valence-electron chi connectivity index (χ0n) is 77.6. The van der Waals surface area contributed by atoms with Crippen LogP contribution in [0.4, 0.5) is 9.59 Å². The van der Waals surface area contributed by atoms with Crippen LogP contribution in [0, 0.1) is 35.0 Å². The number of fused-ring (bicyclic) bond motifs is 3. The third-order valence-electron chi connectivity index (χ3n) is 19.4. The van der Waals surface area contributed by atoms with Gasteiger partial charge < -0.3 is 67.6 Å². The second-order valence-corrected chi connectivity index (χ2v) is 39.8. The number of amides is 2. The third-order valence-corrected chi connectivity index (χ3v) is 21.3. The van der Waals surface area contributed by atoms with E-state index < -0.39 is 116 Å². The standard InChI is InChI=1S/C25H34ClN3O6.C20H26ClN3O4.C16H29NO5.C16H26O4.C10H9ClN2O3S.B4.ClH.H2/c1-9-15-18(33-21-20(26)27-16-11-10-14(32-8)12-17(16)28-21)13-29(23(31)35-25(5,6)7)19(15)22(30)34-24(2,3)4;1-6-12-15(10-22-16(12)19(25)28-20(2,3)4)27-18-17(21)23-13-8-7-11(26-5)9-14(13)24-18;1-8-10-11(18)9-17(14(20)22-16(5,6)7)12(10)13(19)21-15(2,3)4;1-5-6-7-8-11-9-13(11)20-14(17)10-12(15(18)19)16(2,3)4;1-16-6-3-4-7-8(5-6)13-10(9(11)12-7)17(2,14)15;1-4(2)3;;/h10-12,15,18-19H,9,13H2,1-8H3;7-9,12,15-16,22H,6,10H2,1-5H3;10-12,18H,8-9H2,1-7H3;5,11-13H,1,6-10H2,2-4H3,(H,18,19);3-5H,1-2H3;;2*1H/t15-,18+,19+;12-,15+,16+;10-,11+,12+;11-,12-,13-;;;;/m1111..../s1/i;;;;;;;1+1. The summed E-state index contributed by atoms with van der Waals surface area (Å²) < 4.78 is 83.6. The molecule has 2 amide bonds. The highest BCUT2D eigenvalue weighted by molar-refractivity contribution is 7.90. The van der Waals surface area contributed by atoms with Crippen LogP contribution in [0.25, 0.3) is 33.1 Å². The lowest BCUT2D eigenvalue weighted by Gasteiger charge is -2.31. The summed E-state index contributed by atoms with van der Waals surface area (Å²) in [7, 11) is 15.2. The van der Waals surface area contributed by atoms with Gasteiger partial charge in [0.25, 0.3) is 11.8 Å². The number of sulfone groups is 1. The van der Waals surface area contributed by atoms with Gasteiger partial charge in [-0.15, -0.1) is 19.0 Å². The number of nitrogens with zero attached hydrogens (tertiary/aromatic N) is 8. The Hall–Kier alpha value is -8.40. The molecule has 10 rings (SSSR count). The highest BCUT2D eigenvalue weighted by Gasteiger charge is 2.53. The number of aliphatic hydroxyl groups is 1. The number of aromatic nitrogens is 6. The fourth-order valence-corrected chi connectivity index (χ4v) is 15.1. The number of unbranched alkanes of at least 4 members (excludes halogenated alkanes) is 1. The first kappa shape index (κ1) is 111. The van der Waals surface area contributed by atoms with Crippen LogP contribution in [0.2, 0.25) is 15.5 Å². The van der Waals surface area contributed by atoms with Gasteiger partial charge in [0, 0.05) is 79.8 Å². The van der Waals surface area contributed by atoms with Crippen LogP contribution >= 0.6 is 47.2 Å². The maximum atomic E-state index is 13.2. The maximum absolute atomic E-state index is 13.2. The number of likely N-dealkylation sites (tertiary alicyclic amines) is 2. The number of nitrogens with one attached hydrogen (secondary N) is 1. The molecule has 0 bridgehead atoms. The Labute approximate surface area is 774 Å². The van der Waals surface area contributed by atoms with Gasteiger partial charge in [-0.1, -0.05) is 82.4 Å². The van der Waals surface area contributed by atoms with E-state index in [1.54, 1.807) is 152 Å². The minimum Gasteiger partial charge on any atom is -0.497 e. The van der Waals surface area contributed by atoms with Crippen LogP contribution in [-0.4, -0.2) is 248 Å². The van der Waals surface area contributed by atoms with E-state index in [0.29, 0.717) is 75.7 Å². The Kier molecular flexibility index (Phi) is 41.4. The van der Waals surface area contributed by atoms with Crippen molar-refractivity contribution in [3.8, 4) is 29.0 Å². The van der Waals surface area contributed by atoms with Crippen LogP contribution in [0.3, 0.4) is 0 Å². The first-order valence-electron chi connectivity index (χ1n) is 41.7. The summed E-state index contributed by atoms with van der Waals surface area (Å²) in [5.74, 6) is -1.40. The van der Waals surface area contributed by atoms with Gasteiger partial charge in [-0.2, -0.15) is 0 Å². The average molecular weight is 1870 g/mol. The van der Waals surface area contributed by atoms with E-state index in [1.807, 2.05) is 68.4 Å². The average Bonchev–Trinajstić information content (AvgIpc) is 1.66. The number of methoxy groups -OCH3 is 3. The van der Waals surface area contributed by atoms with Crippen molar-refractivity contribution in [2.75, 3.05) is 47.2 Å². The first-order valence-corrected chi connectivity index (χ1v) is 44.7. The predicted molar refractivity (Wildman–Crippen MR) is 495 cm³/mol. The molecule has 4 aliphatic rings. The molecule has 40 heteroatoms. The number of esters is 4. The van der Waals surface area contributed by atoms with Gasteiger partial charge in [0.15, 0.2) is 30.3 Å². The second-order valence-electron chi connectivity index (χ2n) is 36.8. The van der Waals surface area contributed by atoms with E-state index in [2.05, 4.69) is 65.0 Å². The molecule has 698 valence electrons. The first-order chi connectivity index (χ1) is 58.2. The third kappa shape index (κ3) is 35.1. The molecule has 12 atom stereocenters. The van der Waals surface area contributed by atoms with Crippen molar-refractivity contribution in [3.05, 3.63) is 82.7 Å². The van der Waals surface area contributed by atoms with Crippen LogP contribution in [0.5, 0.6) is 29.0 Å². The highest BCUT2D eigenvalue weighted by Crippen LogP contribution is 2.41. The number of allylic oxidation sites excluding steroid dienone is 1. The fraction of sp³-hybridized carbons (Fsp3) is 0.621. The summed E-state index contributed by atoms with van der Waals surface area (Å²) in [6, 6.07) is 13.5. The SMILES string of the molecule is C=CCCC[C@@H]1C[C@H]1OC(=O)C[C@H](C(=O)O)C(C)(C)C.CC[C@@H]1[C@@H](Oc2nc3cc(OC)ccc3nc2Cl)CN(C(=O)OC(C)(C)C)[C@@H]1C(=O)OC(C)(C)C.CC[C@@H]1[C@@H](Oc2nc3cc(OC)ccc3nc2Cl)CN[C@@H]1C(=O)OC(C)(C)C.CC[C@H]1[C@@H](C(=O)OC(C)(C)C)N(C(=O)OC(C)(C)C)C[C@@H]1O.COc1ccc2nc(Cl)c(S(C)(=O)=O)nc2c1.Cl.[2HH].[B]B([B])[B]. The molecule has 6 radical (unpaired) electrons. The Morgan fingerprint density at radius 3 is 1.33 bits per heavy atom. The largest absolute Gasteiger partial charge is 0.497 e. The summed E-state index contributed by atoms with van der Waals surface area (Å²) >= 11 is 18.5. The van der Waals surface area contributed by atoms with Gasteiger partial charge in [0.05, 0.1) is 86.0 Å². The van der Waals surface area contributed by atoms with Crippen molar-refractivity contribution in [2.45, 2.75) is 272 Å². The van der Waals surface area contributed by atoms with Gasteiger partial charge in [0.2, 0.25) is 0 Å². The molecule has 3 aromatic heterocycles. The number of β-amino-alcohol motifs (C(OH)–C–C–N with tert-alkyl or cyclic N) is 1. The molecule has 3 aromatic carbocycles. The molecule has 6 heterocycles. The fourth-order valence-electron chi connectivity index (χ4n) is 13.6. The monoisotopic (exact) mass is 1870 g/mol. The Balaban J connectivity index is 0.000000415. The van der Waals surface area contributed by atoms with Gasteiger partial charge in [-0.05, 0) is 197 Å². The van der Waals surface area contributed by atoms with Crippen LogP contribution in [0.15, 0.2) is 72.3 Å². The van der Waals surface area contributed by atoms with Crippen molar-refractivity contribution >= 4 is 162 Å². The Bertz CT molecular complexity index is 4860. The normalized spacial score (nSPS) is 20.5. The summed E-state index contributed by atoms with van der Waals surface area (Å²) in [6.07, 6.45) is 5.28. The molecule has 1 saturated carbocycles. The molecule has 6 aromatic rings. The Morgan fingerprint density at radius 2 is 0.953 bits per heavy atom. The number of aliphatic carboxylic acids is 1. The number of carboxylic acid groups (broad SMARTS) is 1. The van der Waals surface area contributed by atoms with Crippen molar-refractivity contribution in [1.82, 2.24) is 45.0 Å². The molecular weight excluding hydrogens is 1740 g/mol. The number of aliphatic hydroxyl groups excluding tert-OH is 1. The number of halogens is 4. The summed E-state index contributed by atoms with van der Waals surface area (Å²) in [5.41, 5.74) is -0.401. The minimum absolute atomic E-state index is 0. The maximum Gasteiger partial charge on any atom is 0.411 e. The summed E-state index contributed by atoms with van der Waals surface area (Å²) in [6.45, 7) is 42.5. The van der Waals surface area contributed by atoms with Crippen molar-refractivity contribution in [3.63, 3.8) is 0 Å². The molecule has 4 fully saturated rings. The van der Waals surface area contributed by atoms with Crippen LogP contribution in [-0.2, 0) is 62.2 Å². The number of benzene rings is 3. The lowest BCUT2D eigenvalue weighted by Crippen LogP contribution is -2.47. The summed E-state index contributed by atoms with van der Waals surface area (Å²) in [5, 5.41) is 22.5. The van der Waals surface area contributed by atoms with E-state index >= 15 is 0 Å². The number of ether oxygens (including phenoxy) is 11. The number of carbonyl (C=O) groups excluding carboxylic acids is 6. The molecule has 127 heavy (non-hydrogen) atoms. The van der Waals surface area contributed by atoms with Crippen molar-refractivity contribution < 1.29 is 106 Å². The van der Waals surface area contributed by atoms with Gasteiger partial charge in [-0.25, -0.2) is 57.5 Å². The van der Waals surface area contributed by atoms with E-state index in [4.69, 9.17) is 86.9 Å². The number of hydrogen-bond acceptors (Lipinski definition) is 28. The molecule has 3 saturated heterocycles. The zero-order valence-corrected chi connectivity index (χ0v) is 81.5. The highest BCUT2D eigenvalue weighted by atomic mass is 35.5. The van der Waals surface area contributed by atoms with Gasteiger partial charge in [-0.3, -0.25) is 24.2 Å². The van der Waals surface area contributed by atoms with Crippen molar-refractivity contribution in [2.24, 2.45) is 35.0 Å². The van der Waals surface area contributed by atoms with Gasteiger partial charge >= 0.3 is 42.0 Å². The molecular formula is C87H127B4Cl4N9O22S. The number of carbonyl (C=O) groups is 7. The lowest BCUT2D eigenvalue weighted by atomic mass is 9.08. The predicted octanol–water partition coefficient (Wildman–Crippen LogP) is 15.0. The second kappa shape index (κ2) is 47.4. The number of carboxylic acids is 1. The van der Waals surface area contributed by atoms with E-state index in [-0.39, 0.29) is 107 Å². The molecule has 3 N–H and O–H groups in total. The molecule has 31 nitrogen and oxygen atoms in total. The molecule has 1 aliphatic carbocycles. The zero-order chi connectivity index (χ0) is 95.4. The quantitative estimate of drug-likeness (QED) is 0.0187. The van der Waals surface area contributed by atoms with E-state index in [1.165, 1.54) is 16.9 Å². The van der Waals surface area contributed by atoms with Crippen LogP contribution < -0.4 is 29.0 Å². The number of hydrogen-bond donors (Lipinski definition) is 3. The van der Waals surface area contributed by atoms with Crippen molar-refractivity contribution in [1.29, 1.82) is 0 Å². The molecule has 0 spiro atoms. The lowest BCUT2D eigenvalue weighted by molar-refractivity contribution is -0.162. The smallest absolute Gasteiger partial charge is 0.411 e.